The minimum Gasteiger partial charge on any atom is -0.506 e. The maximum atomic E-state index is 13.1. The summed E-state index contributed by atoms with van der Waals surface area (Å²) in [6.07, 6.45) is 3.09. The van der Waals surface area contributed by atoms with Crippen LogP contribution < -0.4 is 27.6 Å². The summed E-state index contributed by atoms with van der Waals surface area (Å²) in [5.74, 6) is -2.26. The van der Waals surface area contributed by atoms with Crippen molar-refractivity contribution in [1.82, 2.24) is 6.15 Å². The largest absolute Gasteiger partial charge is 0.506 e. The number of phenolic OH excluding ortho intramolecular Hbond substituents is 2. The predicted molar refractivity (Wildman–Crippen MR) is 242 cm³/mol. The van der Waals surface area contributed by atoms with Crippen molar-refractivity contribution < 1.29 is 46.5 Å². The molecule has 0 saturated carbocycles. The summed E-state index contributed by atoms with van der Waals surface area (Å²) in [6.45, 7) is 0. The van der Waals surface area contributed by atoms with Gasteiger partial charge in [-0.3, -0.25) is 30.0 Å². The molecule has 0 aliphatic heterocycles. The number of ketones is 2. The number of carbonyl (C=O) groups is 4. The summed E-state index contributed by atoms with van der Waals surface area (Å²) in [7, 11) is 0. The van der Waals surface area contributed by atoms with Crippen LogP contribution in [0.1, 0.15) is 22.3 Å². The van der Waals surface area contributed by atoms with Crippen molar-refractivity contribution in [2.45, 2.75) is 0 Å². The number of hydrogen-bond donors (Lipinski definition) is 7. The number of Topliss-reactive ketones (excluding diaryl/α,β-unsaturated/α-hetero) is 2. The van der Waals surface area contributed by atoms with Crippen molar-refractivity contribution in [3.63, 3.8) is 0 Å². The quantitative estimate of drug-likeness (QED) is 0.0337. The zero-order valence-electron chi connectivity index (χ0n) is 32.5. The van der Waals surface area contributed by atoms with E-state index in [0.717, 1.165) is 0 Å². The van der Waals surface area contributed by atoms with Gasteiger partial charge in [-0.25, -0.2) is 0 Å². The normalized spacial score (nSPS) is 13.6. The molecular weight excluding hydrogens is 873 g/mol. The molecule has 2 aliphatic rings. The number of amides is 2. The number of para-hydroxylation sites is 2. The third-order valence-corrected chi connectivity index (χ3v) is 9.47. The molecule has 0 aromatic heterocycles. The zero-order valence-corrected chi connectivity index (χ0v) is 35.2. The number of hydrazone groups is 2. The molecule has 6 aromatic carbocycles. The Hall–Kier alpha value is -7.32. The van der Waals surface area contributed by atoms with Gasteiger partial charge < -0.3 is 27.0 Å². The minimum atomic E-state index is -0.531. The van der Waals surface area contributed by atoms with Crippen LogP contribution in [0.2, 0.25) is 10.0 Å². The van der Waals surface area contributed by atoms with Gasteiger partial charge in [0.25, 0.3) is 11.8 Å². The maximum Gasteiger partial charge on any atom is 0.259 e. The van der Waals surface area contributed by atoms with Crippen LogP contribution in [-0.4, -0.2) is 45.0 Å². The molecule has 13 nitrogen and oxygen atoms in total. The second-order valence-corrected chi connectivity index (χ2v) is 13.9. The number of fused-ring (bicyclic) bond motifs is 2. The first-order valence-corrected chi connectivity index (χ1v) is 18.9. The van der Waals surface area contributed by atoms with E-state index in [0.29, 0.717) is 43.7 Å². The van der Waals surface area contributed by atoms with E-state index in [4.69, 9.17) is 23.2 Å². The Labute approximate surface area is 375 Å². The summed E-state index contributed by atoms with van der Waals surface area (Å²) in [5.41, 5.74) is 9.58. The number of phenols is 2. The Kier molecular flexibility index (Phi) is 15.3. The first-order valence-electron chi connectivity index (χ1n) is 18.1. The minimum absolute atomic E-state index is 0. The van der Waals surface area contributed by atoms with Crippen LogP contribution in [0.3, 0.4) is 0 Å². The molecule has 6 aromatic rings. The average molecular weight is 910 g/mol. The Bertz CT molecular complexity index is 2610. The second-order valence-electron chi connectivity index (χ2n) is 13.1. The molecule has 0 heterocycles. The number of anilines is 4. The van der Waals surface area contributed by atoms with E-state index in [1.165, 1.54) is 36.4 Å². The molecule has 0 atom stereocenters. The Morgan fingerprint density at radius 2 is 0.855 bits per heavy atom. The number of carbonyl (C=O) groups excluding carboxylic acids is 4. The van der Waals surface area contributed by atoms with E-state index >= 15 is 0 Å². The van der Waals surface area contributed by atoms with Crippen molar-refractivity contribution in [3.8, 4) is 11.5 Å². The van der Waals surface area contributed by atoms with Crippen LogP contribution in [0, 0.1) is 0 Å². The van der Waals surface area contributed by atoms with Crippen molar-refractivity contribution in [3.05, 3.63) is 189 Å². The first kappa shape index (κ1) is 45.8. The third kappa shape index (κ3) is 10.7. The zero-order chi connectivity index (χ0) is 42.2. The molecule has 0 fully saturated rings. The standard InChI is InChI=1S/2C23H16ClN3O3.Fe.H3N/c2*24-15-10-11-20(28)19(13-15)26-27-21-17-9-5-4-6-14(17)12-18(22(21)29)23(30)25-16-7-2-1-3-8-16;;/h2*1-13,26,28H,(H,25,30);;1H3/p+1/b2*27-21-;;. The molecule has 8 rings (SSSR count). The van der Waals surface area contributed by atoms with E-state index in [-0.39, 0.29) is 68.7 Å². The molecule has 0 saturated heterocycles. The maximum absolute atomic E-state index is 13.1. The van der Waals surface area contributed by atoms with Crippen LogP contribution in [0.4, 0.5) is 22.7 Å². The fourth-order valence-electron chi connectivity index (χ4n) is 6.05. The van der Waals surface area contributed by atoms with Crippen LogP contribution in [0.5, 0.6) is 11.5 Å². The van der Waals surface area contributed by atoms with Crippen LogP contribution in [-0.2, 0) is 36.2 Å². The topological polar surface area (TPSA) is 218 Å². The molecule has 16 heteroatoms. The monoisotopic (exact) mass is 908 g/mol. The fourth-order valence-corrected chi connectivity index (χ4v) is 6.39. The van der Waals surface area contributed by atoms with Gasteiger partial charge in [-0.2, -0.15) is 10.2 Å². The number of aromatic hydroxyl groups is 2. The second kappa shape index (κ2) is 20.8. The van der Waals surface area contributed by atoms with Crippen molar-refractivity contribution in [2.24, 2.45) is 10.2 Å². The summed E-state index contributed by atoms with van der Waals surface area (Å²) in [5, 5.41) is 34.6. The molecule has 312 valence electrons. The summed E-state index contributed by atoms with van der Waals surface area (Å²) in [6, 6.07) is 40.9. The van der Waals surface area contributed by atoms with E-state index in [1.807, 2.05) is 24.3 Å². The molecular formula is C46H36Cl2FeN7O6+. The number of halogens is 2. The number of nitrogens with one attached hydrogen (secondary N) is 4. The van der Waals surface area contributed by atoms with Gasteiger partial charge in [-0.1, -0.05) is 108 Å². The van der Waals surface area contributed by atoms with Crippen molar-refractivity contribution in [1.29, 1.82) is 0 Å². The molecule has 10 N–H and O–H groups in total. The molecule has 0 unspecified atom stereocenters. The summed E-state index contributed by atoms with van der Waals surface area (Å²) in [4.78, 5) is 51.8. The van der Waals surface area contributed by atoms with E-state index in [9.17, 15) is 29.4 Å². The summed E-state index contributed by atoms with van der Waals surface area (Å²) < 4.78 is 0. The molecule has 0 radical (unpaired) electrons. The van der Waals surface area contributed by atoms with Gasteiger partial charge in [0.15, 0.2) is 0 Å². The van der Waals surface area contributed by atoms with Crippen LogP contribution in [0.25, 0.3) is 12.2 Å². The van der Waals surface area contributed by atoms with Gasteiger partial charge in [0, 0.05) is 49.6 Å². The first-order chi connectivity index (χ1) is 29.0. The van der Waals surface area contributed by atoms with Gasteiger partial charge in [-0.05, 0) is 83.9 Å². The van der Waals surface area contributed by atoms with Crippen molar-refractivity contribution in [2.75, 3.05) is 21.5 Å². The number of hydrogen-bond acceptors (Lipinski definition) is 10. The Morgan fingerprint density at radius 3 is 1.24 bits per heavy atom. The number of quaternary nitrogens is 1. The van der Waals surface area contributed by atoms with E-state index < -0.39 is 23.4 Å². The molecule has 0 spiro atoms. The van der Waals surface area contributed by atoms with E-state index in [1.54, 1.807) is 97.1 Å². The van der Waals surface area contributed by atoms with Gasteiger partial charge >= 0.3 is 0 Å². The average Bonchev–Trinajstić information content (AvgIpc) is 3.25. The molecule has 2 amide bonds. The SMILES string of the molecule is O=C(Nc1ccccc1)C1=Cc2ccccc2/C(=N/Nc2cc(Cl)ccc2O)C1=O.O=C(Nc1ccccc1)C1=Cc2ccccc2/C(=N/Nc2cc(Cl)ccc2O)C1=O.[Fe].[NH4+]. The van der Waals surface area contributed by atoms with Crippen LogP contribution in [0.15, 0.2) is 167 Å². The Balaban J connectivity index is 0.000000227. The molecule has 2 aliphatic carbocycles. The van der Waals surface area contributed by atoms with Crippen LogP contribution >= 0.6 is 23.2 Å². The number of nitrogens with zero attached hydrogens (tertiary/aromatic N) is 2. The molecule has 0 bridgehead atoms. The number of rotatable bonds is 8. The van der Waals surface area contributed by atoms with Gasteiger partial charge in [0.1, 0.15) is 22.9 Å². The fraction of sp³-hybridized carbons (Fsp3) is 0. The summed E-state index contributed by atoms with van der Waals surface area (Å²) >= 11 is 11.9. The number of benzene rings is 6. The smallest absolute Gasteiger partial charge is 0.259 e. The van der Waals surface area contributed by atoms with E-state index in [2.05, 4.69) is 31.7 Å². The molecule has 62 heavy (non-hydrogen) atoms. The third-order valence-electron chi connectivity index (χ3n) is 9.00. The van der Waals surface area contributed by atoms with Crippen molar-refractivity contribution >= 4 is 92.9 Å². The van der Waals surface area contributed by atoms with Gasteiger partial charge in [-0.15, -0.1) is 0 Å². The predicted octanol–water partition coefficient (Wildman–Crippen LogP) is 9.31. The Morgan fingerprint density at radius 1 is 0.500 bits per heavy atom. The van der Waals surface area contributed by atoms with Gasteiger partial charge in [0.05, 0.1) is 22.5 Å². The van der Waals surface area contributed by atoms with Gasteiger partial charge in [0.2, 0.25) is 11.6 Å².